The van der Waals surface area contributed by atoms with Crippen molar-refractivity contribution in [2.75, 3.05) is 6.61 Å². The summed E-state index contributed by atoms with van der Waals surface area (Å²) in [5, 5.41) is 25.5. The molecule has 0 fully saturated rings. The Bertz CT molecular complexity index is 1780. The molecular formula is C37H35NO7S. The minimum absolute atomic E-state index is 0.0109. The highest BCUT2D eigenvalue weighted by atomic mass is 32.2. The Balaban J connectivity index is 1.43. The minimum Gasteiger partial charge on any atom is -0.481 e. The van der Waals surface area contributed by atoms with Gasteiger partial charge in [0, 0.05) is 0 Å². The zero-order chi connectivity index (χ0) is 32.6. The molecule has 0 aromatic heterocycles. The van der Waals surface area contributed by atoms with E-state index in [0.717, 1.165) is 27.5 Å². The van der Waals surface area contributed by atoms with Crippen molar-refractivity contribution in [1.29, 1.82) is 0 Å². The van der Waals surface area contributed by atoms with Crippen molar-refractivity contribution in [2.24, 2.45) is 5.92 Å². The summed E-state index contributed by atoms with van der Waals surface area (Å²) in [6.45, 7) is -0.237. The number of carboxylic acids is 2. The van der Waals surface area contributed by atoms with Gasteiger partial charge in [-0.1, -0.05) is 121 Å². The van der Waals surface area contributed by atoms with Crippen LogP contribution in [0.1, 0.15) is 36.0 Å². The fourth-order valence-corrected chi connectivity index (χ4v) is 6.92. The van der Waals surface area contributed by atoms with Gasteiger partial charge in [-0.15, -0.1) is 0 Å². The van der Waals surface area contributed by atoms with Gasteiger partial charge in [0.15, 0.2) is 0 Å². The van der Waals surface area contributed by atoms with E-state index in [-0.39, 0.29) is 24.3 Å². The first kappa shape index (κ1) is 32.6. The quantitative estimate of drug-likeness (QED) is 0.0679. The third-order valence-electron chi connectivity index (χ3n) is 8.13. The summed E-state index contributed by atoms with van der Waals surface area (Å²) < 4.78 is 31.3. The lowest BCUT2D eigenvalue weighted by molar-refractivity contribution is -0.143. The van der Waals surface area contributed by atoms with E-state index in [0.29, 0.717) is 0 Å². The second kappa shape index (κ2) is 14.5. The maximum absolute atomic E-state index is 13.0. The number of nitrogens with one attached hydrogen (secondary N) is 1. The highest BCUT2D eigenvalue weighted by Crippen LogP contribution is 2.38. The first-order chi connectivity index (χ1) is 22.2. The number of hydrogen-bond acceptors (Lipinski definition) is 6. The van der Waals surface area contributed by atoms with Crippen molar-refractivity contribution in [3.8, 4) is 0 Å². The van der Waals surface area contributed by atoms with Gasteiger partial charge in [0.25, 0.3) is 10.1 Å². The minimum atomic E-state index is -4.09. The molecule has 3 N–H and O–H groups in total. The van der Waals surface area contributed by atoms with E-state index in [1.54, 1.807) is 12.1 Å². The summed E-state index contributed by atoms with van der Waals surface area (Å²) in [4.78, 5) is 25.1. The van der Waals surface area contributed by atoms with Crippen molar-refractivity contribution < 1.29 is 32.4 Å². The smallest absolute Gasteiger partial charge is 0.321 e. The van der Waals surface area contributed by atoms with Gasteiger partial charge in [-0.2, -0.15) is 8.42 Å². The molecule has 9 heteroatoms. The highest BCUT2D eigenvalue weighted by Gasteiger charge is 2.42. The Hall–Kier alpha value is -4.83. The molecule has 0 saturated carbocycles. The van der Waals surface area contributed by atoms with E-state index in [4.69, 9.17) is 4.18 Å². The molecule has 46 heavy (non-hydrogen) atoms. The number of carbonyl (C=O) groups is 2. The highest BCUT2D eigenvalue weighted by molar-refractivity contribution is 7.86. The SMILES string of the molecule is O=C(O)CC(CCCOS(=O)(=O)c1ccc2ccccc2c1)[C@H](NC(c1ccccc1)(c1ccccc1)c1ccccc1)C(=O)O. The lowest BCUT2D eigenvalue weighted by Crippen LogP contribution is -2.55. The molecule has 0 bridgehead atoms. The molecule has 0 spiro atoms. The number of rotatable bonds is 15. The summed E-state index contributed by atoms with van der Waals surface area (Å²) in [5.41, 5.74) is 1.17. The summed E-state index contributed by atoms with van der Waals surface area (Å²) in [6.07, 6.45) is -0.251. The molecule has 0 aliphatic heterocycles. The second-order valence-corrected chi connectivity index (χ2v) is 12.7. The van der Waals surface area contributed by atoms with E-state index in [2.05, 4.69) is 5.32 Å². The van der Waals surface area contributed by atoms with Gasteiger partial charge in [0.1, 0.15) is 6.04 Å². The maximum atomic E-state index is 13.0. The van der Waals surface area contributed by atoms with Crippen LogP contribution in [0.3, 0.4) is 0 Å². The van der Waals surface area contributed by atoms with E-state index in [1.807, 2.05) is 115 Å². The fraction of sp³-hybridized carbons (Fsp3) is 0.189. The van der Waals surface area contributed by atoms with Crippen molar-refractivity contribution in [3.63, 3.8) is 0 Å². The molecule has 1 unspecified atom stereocenters. The van der Waals surface area contributed by atoms with Crippen LogP contribution in [0.5, 0.6) is 0 Å². The Morgan fingerprint density at radius 2 is 1.20 bits per heavy atom. The Morgan fingerprint density at radius 1 is 0.696 bits per heavy atom. The molecule has 0 saturated heterocycles. The van der Waals surface area contributed by atoms with Crippen LogP contribution in [-0.4, -0.2) is 43.2 Å². The Labute approximate surface area is 268 Å². The lowest BCUT2D eigenvalue weighted by Gasteiger charge is -2.41. The van der Waals surface area contributed by atoms with Crippen LogP contribution in [0.25, 0.3) is 10.8 Å². The molecule has 5 aromatic rings. The van der Waals surface area contributed by atoms with Crippen LogP contribution in [0.4, 0.5) is 0 Å². The van der Waals surface area contributed by atoms with E-state index in [1.165, 1.54) is 6.07 Å². The number of benzene rings is 5. The van der Waals surface area contributed by atoms with Crippen LogP contribution in [-0.2, 0) is 29.4 Å². The molecule has 2 atom stereocenters. The van der Waals surface area contributed by atoms with Gasteiger partial charge >= 0.3 is 11.9 Å². The summed E-state index contributed by atoms with van der Waals surface area (Å²) in [6, 6.07) is 39.0. The van der Waals surface area contributed by atoms with E-state index < -0.39 is 46.0 Å². The van der Waals surface area contributed by atoms with Gasteiger partial charge in [0.2, 0.25) is 0 Å². The summed E-state index contributed by atoms with van der Waals surface area (Å²) in [5.74, 6) is -3.28. The molecule has 0 radical (unpaired) electrons. The van der Waals surface area contributed by atoms with Gasteiger partial charge < -0.3 is 10.2 Å². The third-order valence-corrected chi connectivity index (χ3v) is 9.44. The third kappa shape index (κ3) is 7.34. The molecule has 0 heterocycles. The van der Waals surface area contributed by atoms with Crippen molar-refractivity contribution in [2.45, 2.75) is 35.7 Å². The number of carboxylic acid groups (broad SMARTS) is 2. The first-order valence-corrected chi connectivity index (χ1v) is 16.4. The lowest BCUT2D eigenvalue weighted by atomic mass is 9.75. The number of fused-ring (bicyclic) bond motifs is 1. The van der Waals surface area contributed by atoms with E-state index in [9.17, 15) is 28.2 Å². The molecule has 0 amide bonds. The molecule has 8 nitrogen and oxygen atoms in total. The first-order valence-electron chi connectivity index (χ1n) is 15.0. The molecule has 236 valence electrons. The van der Waals surface area contributed by atoms with Gasteiger partial charge in [-0.3, -0.25) is 19.1 Å². The molecular weight excluding hydrogens is 602 g/mol. The maximum Gasteiger partial charge on any atom is 0.321 e. The van der Waals surface area contributed by atoms with Crippen LogP contribution in [0.15, 0.2) is 138 Å². The predicted octanol–water partition coefficient (Wildman–Crippen LogP) is 6.45. The van der Waals surface area contributed by atoms with Gasteiger partial charge in [0.05, 0.1) is 23.5 Å². The summed E-state index contributed by atoms with van der Waals surface area (Å²) in [7, 11) is -4.09. The zero-order valence-corrected chi connectivity index (χ0v) is 25.8. The second-order valence-electron chi connectivity index (χ2n) is 11.1. The average molecular weight is 638 g/mol. The average Bonchev–Trinajstić information content (AvgIpc) is 3.07. The zero-order valence-electron chi connectivity index (χ0n) is 25.0. The normalized spacial score (nSPS) is 13.2. The van der Waals surface area contributed by atoms with Crippen LogP contribution in [0, 0.1) is 5.92 Å². The predicted molar refractivity (Wildman–Crippen MR) is 176 cm³/mol. The van der Waals surface area contributed by atoms with Gasteiger partial charge in [-0.25, -0.2) is 0 Å². The summed E-state index contributed by atoms with van der Waals surface area (Å²) >= 11 is 0. The van der Waals surface area contributed by atoms with Crippen LogP contribution >= 0.6 is 0 Å². The van der Waals surface area contributed by atoms with Crippen molar-refractivity contribution in [1.82, 2.24) is 5.32 Å². The molecule has 5 rings (SSSR count). The molecule has 0 aliphatic carbocycles. The van der Waals surface area contributed by atoms with E-state index >= 15 is 0 Å². The largest absolute Gasteiger partial charge is 0.481 e. The van der Waals surface area contributed by atoms with Crippen LogP contribution < -0.4 is 5.32 Å². The Morgan fingerprint density at radius 3 is 1.70 bits per heavy atom. The van der Waals surface area contributed by atoms with Crippen LogP contribution in [0.2, 0.25) is 0 Å². The van der Waals surface area contributed by atoms with Crippen molar-refractivity contribution >= 4 is 32.8 Å². The Kier molecular flexibility index (Phi) is 10.3. The number of aliphatic carboxylic acids is 2. The molecule has 0 aliphatic rings. The topological polar surface area (TPSA) is 130 Å². The van der Waals surface area contributed by atoms with Gasteiger partial charge in [-0.05, 0) is 58.4 Å². The fourth-order valence-electron chi connectivity index (χ4n) is 5.94. The van der Waals surface area contributed by atoms with Crippen molar-refractivity contribution in [3.05, 3.63) is 150 Å². The number of hydrogen-bond donors (Lipinski definition) is 3. The monoisotopic (exact) mass is 637 g/mol. The molecule has 5 aromatic carbocycles. The standard InChI is InChI=1S/C37H35NO7S/c39-34(40)26-29(15-12-24-45-46(43,44)33-23-22-27-13-10-11-14-28(27)25-33)35(36(41)42)38-37(30-16-4-1-5-17-30,31-18-6-2-7-19-31)32-20-8-3-9-21-32/h1-11,13-14,16-23,25,29,35,38H,12,15,24,26H2,(H,39,40)(H,41,42)/t29?,35-/m0/s1.